The number of rotatable bonds is 13. The van der Waals surface area contributed by atoms with Crippen molar-refractivity contribution in [3.05, 3.63) is 115 Å². The number of aryl methyl sites for hydroxylation is 1. The molecule has 0 fully saturated rings. The highest BCUT2D eigenvalue weighted by Crippen LogP contribution is 2.18. The van der Waals surface area contributed by atoms with E-state index in [1.165, 1.54) is 0 Å². The van der Waals surface area contributed by atoms with E-state index in [1.807, 2.05) is 84.9 Å². The van der Waals surface area contributed by atoms with Crippen molar-refractivity contribution in [1.29, 1.82) is 0 Å². The first-order valence-electron chi connectivity index (χ1n) is 12.5. The van der Waals surface area contributed by atoms with E-state index in [0.29, 0.717) is 43.2 Å². The highest BCUT2D eigenvalue weighted by atomic mass is 16.5. The van der Waals surface area contributed by atoms with E-state index < -0.39 is 0 Å². The Balaban J connectivity index is 1.18. The Bertz CT molecular complexity index is 1310. The lowest BCUT2D eigenvalue weighted by Gasteiger charge is -2.12. The third-order valence-electron chi connectivity index (χ3n) is 5.56. The Kier molecular flexibility index (Phi) is 9.74. The van der Waals surface area contributed by atoms with Gasteiger partial charge in [-0.1, -0.05) is 60.7 Å². The number of hydrogen-bond acceptors (Lipinski definition) is 5. The predicted octanol–water partition coefficient (Wildman–Crippen LogP) is 5.77. The summed E-state index contributed by atoms with van der Waals surface area (Å²) in [5.74, 6) is 1.20. The summed E-state index contributed by atoms with van der Waals surface area (Å²) < 4.78 is 11.4. The molecular weight excluding hydrogens is 478 g/mol. The molecule has 0 aliphatic heterocycles. The maximum atomic E-state index is 12.5. The molecule has 0 unspecified atom stereocenters. The maximum absolute atomic E-state index is 12.5. The van der Waals surface area contributed by atoms with E-state index in [-0.39, 0.29) is 18.4 Å². The number of para-hydroxylation sites is 1. The Morgan fingerprint density at radius 3 is 1.89 bits per heavy atom. The van der Waals surface area contributed by atoms with Gasteiger partial charge in [-0.25, -0.2) is 0 Å². The molecule has 0 spiro atoms. The van der Waals surface area contributed by atoms with Gasteiger partial charge >= 0.3 is 0 Å². The van der Waals surface area contributed by atoms with Crippen LogP contribution in [0.4, 0.5) is 17.1 Å². The molecule has 0 aromatic heterocycles. The summed E-state index contributed by atoms with van der Waals surface area (Å²) in [6.07, 6.45) is 1.05. The molecule has 0 aliphatic rings. The van der Waals surface area contributed by atoms with E-state index in [4.69, 9.17) is 9.47 Å². The lowest BCUT2D eigenvalue weighted by Crippen LogP contribution is -2.22. The van der Waals surface area contributed by atoms with Crippen molar-refractivity contribution in [2.45, 2.75) is 12.8 Å². The van der Waals surface area contributed by atoms with Crippen LogP contribution < -0.4 is 25.4 Å². The van der Waals surface area contributed by atoms with Gasteiger partial charge in [-0.15, -0.1) is 0 Å². The first kappa shape index (κ1) is 26.3. The molecule has 0 saturated heterocycles. The molecule has 4 rings (SSSR count). The summed E-state index contributed by atoms with van der Waals surface area (Å²) in [4.78, 5) is 24.8. The lowest BCUT2D eigenvalue weighted by atomic mass is 10.1. The summed E-state index contributed by atoms with van der Waals surface area (Å²) >= 11 is 0. The Morgan fingerprint density at radius 2 is 1.16 bits per heavy atom. The third kappa shape index (κ3) is 9.02. The molecule has 194 valence electrons. The monoisotopic (exact) mass is 509 g/mol. The second-order valence-corrected chi connectivity index (χ2v) is 8.55. The first-order chi connectivity index (χ1) is 18.6. The molecule has 4 aromatic carbocycles. The van der Waals surface area contributed by atoms with Gasteiger partial charge in [0.15, 0.2) is 0 Å². The number of amides is 2. The average Bonchev–Trinajstić information content (AvgIpc) is 2.95. The molecule has 7 heteroatoms. The fraction of sp³-hybridized carbons (Fsp3) is 0.161. The topological polar surface area (TPSA) is 88.7 Å². The fourth-order valence-corrected chi connectivity index (χ4v) is 3.72. The predicted molar refractivity (Wildman–Crippen MR) is 151 cm³/mol. The molecule has 0 radical (unpaired) electrons. The number of nitrogens with one attached hydrogen (secondary N) is 3. The van der Waals surface area contributed by atoms with Crippen molar-refractivity contribution in [1.82, 2.24) is 0 Å². The Hall–Kier alpha value is -4.78. The fourth-order valence-electron chi connectivity index (χ4n) is 3.72. The number of anilines is 3. The SMILES string of the molecule is O=C(CCc1ccccc1)Nc1cccc(NC(=O)CNc2cccc(OCCOc3ccccc3)c2)c1. The van der Waals surface area contributed by atoms with E-state index in [9.17, 15) is 9.59 Å². The second-order valence-electron chi connectivity index (χ2n) is 8.55. The largest absolute Gasteiger partial charge is 0.490 e. The van der Waals surface area contributed by atoms with E-state index in [2.05, 4.69) is 16.0 Å². The number of carbonyl (C=O) groups is 2. The van der Waals surface area contributed by atoms with Gasteiger partial charge in [0, 0.05) is 29.5 Å². The zero-order valence-corrected chi connectivity index (χ0v) is 21.1. The van der Waals surface area contributed by atoms with Gasteiger partial charge < -0.3 is 25.4 Å². The van der Waals surface area contributed by atoms with Crippen LogP contribution in [0.15, 0.2) is 109 Å². The molecule has 0 bridgehead atoms. The first-order valence-corrected chi connectivity index (χ1v) is 12.5. The van der Waals surface area contributed by atoms with Crippen LogP contribution in [-0.2, 0) is 16.0 Å². The molecule has 0 atom stereocenters. The standard InChI is InChI=1S/C31H31N3O4/c35-30(18-17-24-9-3-1-4-10-24)33-26-12-7-13-27(21-26)34-31(36)23-32-25-11-8-16-29(22-25)38-20-19-37-28-14-5-2-6-15-28/h1-16,21-22,32H,17-20,23H2,(H,33,35)(H,34,36). The normalized spacial score (nSPS) is 10.3. The van der Waals surface area contributed by atoms with Crippen LogP contribution >= 0.6 is 0 Å². The summed E-state index contributed by atoms with van der Waals surface area (Å²) in [5.41, 5.74) is 3.12. The van der Waals surface area contributed by atoms with Crippen molar-refractivity contribution in [3.8, 4) is 11.5 Å². The van der Waals surface area contributed by atoms with E-state index in [0.717, 1.165) is 17.0 Å². The number of hydrogen-bond donors (Lipinski definition) is 3. The number of benzene rings is 4. The van der Waals surface area contributed by atoms with Crippen LogP contribution in [0.1, 0.15) is 12.0 Å². The average molecular weight is 510 g/mol. The molecular formula is C31H31N3O4. The Morgan fingerprint density at radius 1 is 0.579 bits per heavy atom. The number of ether oxygens (including phenoxy) is 2. The van der Waals surface area contributed by atoms with Crippen molar-refractivity contribution in [3.63, 3.8) is 0 Å². The quantitative estimate of drug-likeness (QED) is 0.199. The van der Waals surface area contributed by atoms with Crippen molar-refractivity contribution < 1.29 is 19.1 Å². The minimum atomic E-state index is -0.208. The zero-order valence-electron chi connectivity index (χ0n) is 21.1. The molecule has 0 saturated carbocycles. The van der Waals surface area contributed by atoms with Gasteiger partial charge in [0.1, 0.15) is 24.7 Å². The lowest BCUT2D eigenvalue weighted by molar-refractivity contribution is -0.116. The summed E-state index contributed by atoms with van der Waals surface area (Å²) in [7, 11) is 0. The van der Waals surface area contributed by atoms with Gasteiger partial charge in [-0.3, -0.25) is 9.59 Å². The van der Waals surface area contributed by atoms with Crippen LogP contribution in [0.5, 0.6) is 11.5 Å². The molecule has 0 aliphatic carbocycles. The van der Waals surface area contributed by atoms with Crippen LogP contribution in [-0.4, -0.2) is 31.6 Å². The molecule has 38 heavy (non-hydrogen) atoms. The van der Waals surface area contributed by atoms with Crippen LogP contribution in [0.2, 0.25) is 0 Å². The Labute approximate surface area is 222 Å². The molecule has 0 heterocycles. The molecule has 2 amide bonds. The van der Waals surface area contributed by atoms with E-state index in [1.54, 1.807) is 24.3 Å². The zero-order chi connectivity index (χ0) is 26.4. The molecule has 7 nitrogen and oxygen atoms in total. The number of carbonyl (C=O) groups excluding carboxylic acids is 2. The maximum Gasteiger partial charge on any atom is 0.243 e. The van der Waals surface area contributed by atoms with Crippen molar-refractivity contribution in [2.24, 2.45) is 0 Å². The van der Waals surface area contributed by atoms with Gasteiger partial charge in [-0.05, 0) is 54.4 Å². The van der Waals surface area contributed by atoms with Crippen LogP contribution in [0.25, 0.3) is 0 Å². The minimum absolute atomic E-state index is 0.0762. The minimum Gasteiger partial charge on any atom is -0.490 e. The van der Waals surface area contributed by atoms with Crippen LogP contribution in [0.3, 0.4) is 0 Å². The van der Waals surface area contributed by atoms with Crippen LogP contribution in [0, 0.1) is 0 Å². The highest BCUT2D eigenvalue weighted by Gasteiger charge is 2.07. The van der Waals surface area contributed by atoms with Gasteiger partial charge in [0.2, 0.25) is 11.8 Å². The van der Waals surface area contributed by atoms with Crippen molar-refractivity contribution >= 4 is 28.9 Å². The smallest absolute Gasteiger partial charge is 0.243 e. The summed E-state index contributed by atoms with van der Waals surface area (Å²) in [6.45, 7) is 0.906. The third-order valence-corrected chi connectivity index (χ3v) is 5.56. The van der Waals surface area contributed by atoms with Crippen molar-refractivity contribution in [2.75, 3.05) is 35.7 Å². The highest BCUT2D eigenvalue weighted by molar-refractivity contribution is 5.95. The van der Waals surface area contributed by atoms with Gasteiger partial charge in [0.25, 0.3) is 0 Å². The molecule has 3 N–H and O–H groups in total. The summed E-state index contributed by atoms with van der Waals surface area (Å²) in [5, 5.41) is 8.85. The van der Waals surface area contributed by atoms with E-state index >= 15 is 0 Å². The second kappa shape index (κ2) is 14.1. The van der Waals surface area contributed by atoms with Gasteiger partial charge in [0.05, 0.1) is 6.54 Å². The van der Waals surface area contributed by atoms with Gasteiger partial charge in [-0.2, -0.15) is 0 Å². The molecule has 4 aromatic rings. The summed E-state index contributed by atoms with van der Waals surface area (Å²) in [6, 6.07) is 34.0.